The summed E-state index contributed by atoms with van der Waals surface area (Å²) >= 11 is 0. The minimum Gasteiger partial charge on any atom is -0.478 e. The van der Waals surface area contributed by atoms with Gasteiger partial charge in [0.2, 0.25) is 0 Å². The molecule has 0 unspecified atom stereocenters. The molecule has 4 heteroatoms. The lowest BCUT2D eigenvalue weighted by Gasteiger charge is -2.04. The maximum atomic E-state index is 11.0. The molecule has 2 aromatic rings. The van der Waals surface area contributed by atoms with Crippen molar-refractivity contribution in [1.82, 2.24) is 4.98 Å². The van der Waals surface area contributed by atoms with Gasteiger partial charge < -0.3 is 5.11 Å². The quantitative estimate of drug-likeness (QED) is 0.871. The molecule has 0 saturated heterocycles. The molecule has 0 amide bonds. The van der Waals surface area contributed by atoms with Crippen LogP contribution in [0, 0.1) is 0 Å². The van der Waals surface area contributed by atoms with E-state index in [0.717, 1.165) is 5.56 Å². The van der Waals surface area contributed by atoms with Gasteiger partial charge >= 0.3 is 5.97 Å². The van der Waals surface area contributed by atoms with Crippen LogP contribution in [0.25, 0.3) is 11.1 Å². The van der Waals surface area contributed by atoms with Gasteiger partial charge in [-0.25, -0.2) is 4.79 Å². The Morgan fingerprint density at radius 2 is 1.88 bits per heavy atom. The summed E-state index contributed by atoms with van der Waals surface area (Å²) in [4.78, 5) is 14.9. The lowest BCUT2D eigenvalue weighted by atomic mass is 10.0. The molecule has 3 nitrogen and oxygen atoms in total. The monoisotopic (exact) mass is 235 g/mol. The second-order valence-corrected chi connectivity index (χ2v) is 3.09. The molecular weight excluding hydrogens is 226 g/mol. The first-order chi connectivity index (χ1) is 7.29. The molecule has 1 aromatic carbocycles. The third-order valence-electron chi connectivity index (χ3n) is 2.13. The molecule has 0 aliphatic heterocycles. The zero-order chi connectivity index (χ0) is 10.7. The number of benzene rings is 1. The normalized spacial score (nSPS) is 9.25. The van der Waals surface area contributed by atoms with Gasteiger partial charge in [0.1, 0.15) is 0 Å². The van der Waals surface area contributed by atoms with Crippen molar-refractivity contribution in [3.63, 3.8) is 0 Å². The summed E-state index contributed by atoms with van der Waals surface area (Å²) < 4.78 is 0. The molecule has 0 saturated carbocycles. The fraction of sp³-hybridized carbons (Fsp3) is 0. The highest BCUT2D eigenvalue weighted by atomic mass is 35.5. The van der Waals surface area contributed by atoms with Gasteiger partial charge in [-0.1, -0.05) is 24.3 Å². The third kappa shape index (κ3) is 2.38. The molecule has 1 aromatic heterocycles. The topological polar surface area (TPSA) is 50.2 Å². The molecule has 1 heterocycles. The van der Waals surface area contributed by atoms with Gasteiger partial charge in [0.15, 0.2) is 0 Å². The second kappa shape index (κ2) is 5.28. The summed E-state index contributed by atoms with van der Waals surface area (Å²) in [5.74, 6) is -0.922. The van der Waals surface area contributed by atoms with Gasteiger partial charge in [0.25, 0.3) is 0 Å². The average molecular weight is 236 g/mol. The zero-order valence-electron chi connectivity index (χ0n) is 8.33. The van der Waals surface area contributed by atoms with Crippen molar-refractivity contribution in [3.8, 4) is 11.1 Å². The zero-order valence-corrected chi connectivity index (χ0v) is 9.15. The predicted octanol–water partition coefficient (Wildman–Crippen LogP) is 2.87. The van der Waals surface area contributed by atoms with Crippen LogP contribution in [0.2, 0.25) is 0 Å². The summed E-state index contributed by atoms with van der Waals surface area (Å²) in [6.07, 6.45) is 3.31. The van der Waals surface area contributed by atoms with Crippen LogP contribution >= 0.6 is 12.4 Å². The Labute approximate surface area is 99.2 Å². The number of carboxylic acid groups (broad SMARTS) is 1. The molecule has 0 fully saturated rings. The first-order valence-corrected chi connectivity index (χ1v) is 4.52. The number of rotatable bonds is 2. The summed E-state index contributed by atoms with van der Waals surface area (Å²) in [7, 11) is 0. The van der Waals surface area contributed by atoms with E-state index in [1.165, 1.54) is 0 Å². The van der Waals surface area contributed by atoms with E-state index in [4.69, 9.17) is 5.11 Å². The van der Waals surface area contributed by atoms with Crippen LogP contribution in [-0.2, 0) is 0 Å². The summed E-state index contributed by atoms with van der Waals surface area (Å²) in [6.45, 7) is 0. The molecule has 0 bridgehead atoms. The van der Waals surface area contributed by atoms with Crippen LogP contribution in [0.4, 0.5) is 0 Å². The predicted molar refractivity (Wildman–Crippen MR) is 63.9 cm³/mol. The summed E-state index contributed by atoms with van der Waals surface area (Å²) in [6, 6.07) is 10.5. The maximum absolute atomic E-state index is 11.0. The van der Waals surface area contributed by atoms with E-state index in [1.807, 2.05) is 12.1 Å². The molecule has 0 spiro atoms. The van der Waals surface area contributed by atoms with Gasteiger partial charge in [-0.15, -0.1) is 12.4 Å². The van der Waals surface area contributed by atoms with Crippen molar-refractivity contribution in [3.05, 3.63) is 54.4 Å². The van der Waals surface area contributed by atoms with Crippen LogP contribution in [0.5, 0.6) is 0 Å². The molecule has 16 heavy (non-hydrogen) atoms. The average Bonchev–Trinajstić information content (AvgIpc) is 2.30. The number of hydrogen-bond donors (Lipinski definition) is 1. The van der Waals surface area contributed by atoms with Gasteiger partial charge in [0.05, 0.1) is 5.56 Å². The molecule has 0 aliphatic carbocycles. The van der Waals surface area contributed by atoms with E-state index in [-0.39, 0.29) is 12.4 Å². The largest absolute Gasteiger partial charge is 0.478 e. The number of nitrogens with zero attached hydrogens (tertiary/aromatic N) is 1. The lowest BCUT2D eigenvalue weighted by Crippen LogP contribution is -1.98. The van der Waals surface area contributed by atoms with Crippen molar-refractivity contribution in [2.45, 2.75) is 0 Å². The Morgan fingerprint density at radius 3 is 2.50 bits per heavy atom. The van der Waals surface area contributed by atoms with Gasteiger partial charge in [-0.3, -0.25) is 4.98 Å². The standard InChI is InChI=1S/C12H9NO2.ClH/c14-12(15)11-6-2-1-5-10(11)9-4-3-7-13-8-9;/h1-8H,(H,14,15);1H. The van der Waals surface area contributed by atoms with Crippen LogP contribution < -0.4 is 0 Å². The lowest BCUT2D eigenvalue weighted by molar-refractivity contribution is 0.0698. The Bertz CT molecular complexity index is 485. The van der Waals surface area contributed by atoms with Crippen molar-refractivity contribution in [2.24, 2.45) is 0 Å². The van der Waals surface area contributed by atoms with E-state index in [0.29, 0.717) is 11.1 Å². The van der Waals surface area contributed by atoms with E-state index in [1.54, 1.807) is 36.7 Å². The first kappa shape index (κ1) is 12.2. The minimum absolute atomic E-state index is 0. The smallest absolute Gasteiger partial charge is 0.336 e. The number of pyridine rings is 1. The third-order valence-corrected chi connectivity index (χ3v) is 2.13. The minimum atomic E-state index is -0.922. The van der Waals surface area contributed by atoms with E-state index in [9.17, 15) is 4.79 Å². The van der Waals surface area contributed by atoms with E-state index in [2.05, 4.69) is 4.98 Å². The molecule has 82 valence electrons. The molecule has 1 N–H and O–H groups in total. The summed E-state index contributed by atoms with van der Waals surface area (Å²) in [5, 5.41) is 9.01. The van der Waals surface area contributed by atoms with Crippen LogP contribution in [0.1, 0.15) is 10.4 Å². The SMILES string of the molecule is Cl.O=C(O)c1ccccc1-c1cccnc1. The van der Waals surface area contributed by atoms with Gasteiger partial charge in [-0.2, -0.15) is 0 Å². The highest BCUT2D eigenvalue weighted by Crippen LogP contribution is 2.22. The Kier molecular flexibility index (Phi) is 4.03. The Balaban J connectivity index is 0.00000128. The maximum Gasteiger partial charge on any atom is 0.336 e. The highest BCUT2D eigenvalue weighted by Gasteiger charge is 2.09. The van der Waals surface area contributed by atoms with Gasteiger partial charge in [-0.05, 0) is 17.7 Å². The van der Waals surface area contributed by atoms with Crippen molar-refractivity contribution in [2.75, 3.05) is 0 Å². The fourth-order valence-electron chi connectivity index (χ4n) is 1.44. The summed E-state index contributed by atoms with van der Waals surface area (Å²) in [5.41, 5.74) is 1.80. The van der Waals surface area contributed by atoms with Crippen molar-refractivity contribution >= 4 is 18.4 Å². The number of hydrogen-bond acceptors (Lipinski definition) is 2. The number of aromatic carboxylic acids is 1. The van der Waals surface area contributed by atoms with Crippen LogP contribution in [0.15, 0.2) is 48.8 Å². The number of aromatic nitrogens is 1. The number of carboxylic acids is 1. The molecule has 0 aliphatic rings. The van der Waals surface area contributed by atoms with Gasteiger partial charge in [0, 0.05) is 18.0 Å². The first-order valence-electron chi connectivity index (χ1n) is 4.52. The fourth-order valence-corrected chi connectivity index (χ4v) is 1.44. The number of carbonyl (C=O) groups is 1. The molecular formula is C12H10ClNO2. The van der Waals surface area contributed by atoms with Crippen molar-refractivity contribution < 1.29 is 9.90 Å². The molecule has 0 radical (unpaired) electrons. The van der Waals surface area contributed by atoms with E-state index >= 15 is 0 Å². The molecule has 0 atom stereocenters. The van der Waals surface area contributed by atoms with Crippen LogP contribution in [0.3, 0.4) is 0 Å². The number of halogens is 1. The van der Waals surface area contributed by atoms with Crippen molar-refractivity contribution in [1.29, 1.82) is 0 Å². The van der Waals surface area contributed by atoms with E-state index < -0.39 is 5.97 Å². The highest BCUT2D eigenvalue weighted by molar-refractivity contribution is 5.95. The Hall–Kier alpha value is -1.87. The molecule has 2 rings (SSSR count). The Morgan fingerprint density at radius 1 is 1.12 bits per heavy atom. The van der Waals surface area contributed by atoms with Crippen LogP contribution in [-0.4, -0.2) is 16.1 Å². The second-order valence-electron chi connectivity index (χ2n) is 3.09.